The number of hydrogen-bond donors (Lipinski definition) is 3. The Balaban J connectivity index is 0.00000364. The van der Waals surface area contributed by atoms with E-state index >= 15 is 0 Å². The van der Waals surface area contributed by atoms with Crippen LogP contribution in [-0.2, 0) is 6.42 Å². The second kappa shape index (κ2) is 10.6. The first-order valence-electron chi connectivity index (χ1n) is 8.45. The number of nitriles is 1. The van der Waals surface area contributed by atoms with E-state index in [0.717, 1.165) is 23.2 Å². The predicted octanol–water partition coefficient (Wildman–Crippen LogP) is 2.67. The SMILES string of the molecule is C=C(C)CN=C(N)NCCCc1nn(-c2ccc(C)cc2)c(N)c1C#N.I. The maximum Gasteiger partial charge on any atom is 0.188 e. The van der Waals surface area contributed by atoms with Gasteiger partial charge in [-0.05, 0) is 38.8 Å². The van der Waals surface area contributed by atoms with Crippen LogP contribution >= 0.6 is 24.0 Å². The minimum atomic E-state index is 0. The lowest BCUT2D eigenvalue weighted by molar-refractivity contribution is 0.737. The number of aliphatic imine (C=N–C) groups is 1. The summed E-state index contributed by atoms with van der Waals surface area (Å²) < 4.78 is 1.61. The zero-order valence-electron chi connectivity index (χ0n) is 15.7. The number of nitrogen functional groups attached to an aromatic ring is 1. The van der Waals surface area contributed by atoms with Crippen LogP contribution in [0.1, 0.15) is 30.2 Å². The van der Waals surface area contributed by atoms with Crippen LogP contribution in [-0.4, -0.2) is 28.8 Å². The minimum absolute atomic E-state index is 0. The molecule has 0 aliphatic carbocycles. The Morgan fingerprint density at radius 2 is 2.04 bits per heavy atom. The molecule has 1 aromatic carbocycles. The van der Waals surface area contributed by atoms with Crippen LogP contribution < -0.4 is 16.8 Å². The molecule has 0 fully saturated rings. The summed E-state index contributed by atoms with van der Waals surface area (Å²) in [6, 6.07) is 10.0. The molecular weight excluding hydrogens is 453 g/mol. The van der Waals surface area contributed by atoms with Crippen molar-refractivity contribution in [2.24, 2.45) is 10.7 Å². The van der Waals surface area contributed by atoms with Gasteiger partial charge in [0.1, 0.15) is 17.5 Å². The summed E-state index contributed by atoms with van der Waals surface area (Å²) in [4.78, 5) is 4.16. The fraction of sp³-hybridized carbons (Fsp3) is 0.316. The van der Waals surface area contributed by atoms with Crippen molar-refractivity contribution in [1.29, 1.82) is 5.26 Å². The third kappa shape index (κ3) is 6.29. The zero-order valence-corrected chi connectivity index (χ0v) is 18.0. The highest BCUT2D eigenvalue weighted by Crippen LogP contribution is 2.21. The molecule has 0 aliphatic heterocycles. The van der Waals surface area contributed by atoms with Crippen LogP contribution in [0.3, 0.4) is 0 Å². The Bertz CT molecular complexity index is 844. The Hall–Kier alpha value is -2.54. The van der Waals surface area contributed by atoms with Gasteiger partial charge in [0.2, 0.25) is 0 Å². The highest BCUT2D eigenvalue weighted by molar-refractivity contribution is 14.0. The van der Waals surface area contributed by atoms with Crippen molar-refractivity contribution < 1.29 is 0 Å². The van der Waals surface area contributed by atoms with Crippen molar-refractivity contribution in [3.63, 3.8) is 0 Å². The Morgan fingerprint density at radius 1 is 1.37 bits per heavy atom. The Morgan fingerprint density at radius 3 is 2.63 bits per heavy atom. The van der Waals surface area contributed by atoms with Gasteiger partial charge < -0.3 is 16.8 Å². The van der Waals surface area contributed by atoms with Crippen LogP contribution in [0.5, 0.6) is 0 Å². The van der Waals surface area contributed by atoms with E-state index in [0.29, 0.717) is 42.5 Å². The van der Waals surface area contributed by atoms with Crippen LogP contribution in [0.15, 0.2) is 41.4 Å². The molecule has 2 rings (SSSR count). The normalized spacial score (nSPS) is 10.8. The lowest BCUT2D eigenvalue weighted by Crippen LogP contribution is -2.32. The molecule has 1 heterocycles. The molecule has 2 aromatic rings. The largest absolute Gasteiger partial charge is 0.382 e. The van der Waals surface area contributed by atoms with Gasteiger partial charge in [0, 0.05) is 6.54 Å². The molecule has 0 saturated carbocycles. The molecule has 0 bridgehead atoms. The smallest absolute Gasteiger partial charge is 0.188 e. The molecule has 8 heteroatoms. The second-order valence-electron chi connectivity index (χ2n) is 6.25. The summed E-state index contributed by atoms with van der Waals surface area (Å²) >= 11 is 0. The summed E-state index contributed by atoms with van der Waals surface area (Å²) in [5, 5.41) is 17.0. The number of hydrogen-bond acceptors (Lipinski definition) is 4. The van der Waals surface area contributed by atoms with Gasteiger partial charge in [0.15, 0.2) is 5.96 Å². The fourth-order valence-electron chi connectivity index (χ4n) is 2.41. The minimum Gasteiger partial charge on any atom is -0.382 e. The van der Waals surface area contributed by atoms with Gasteiger partial charge in [-0.1, -0.05) is 29.8 Å². The van der Waals surface area contributed by atoms with Gasteiger partial charge in [-0.25, -0.2) is 9.67 Å². The van der Waals surface area contributed by atoms with Gasteiger partial charge in [0.05, 0.1) is 17.9 Å². The molecule has 144 valence electrons. The number of nitrogens with two attached hydrogens (primary N) is 2. The van der Waals surface area contributed by atoms with Gasteiger partial charge in [-0.3, -0.25) is 0 Å². The van der Waals surface area contributed by atoms with Crippen molar-refractivity contribution >= 4 is 35.8 Å². The number of guanidine groups is 1. The number of halogens is 1. The maximum absolute atomic E-state index is 9.42. The van der Waals surface area contributed by atoms with Gasteiger partial charge in [0.25, 0.3) is 0 Å². The van der Waals surface area contributed by atoms with Crippen molar-refractivity contribution in [1.82, 2.24) is 15.1 Å². The van der Waals surface area contributed by atoms with Crippen LogP contribution in [0.2, 0.25) is 0 Å². The Kier molecular flexibility index (Phi) is 8.81. The molecule has 0 unspecified atom stereocenters. The lowest BCUT2D eigenvalue weighted by atomic mass is 10.1. The van der Waals surface area contributed by atoms with E-state index < -0.39 is 0 Å². The summed E-state index contributed by atoms with van der Waals surface area (Å²) in [5.41, 5.74) is 15.9. The summed E-state index contributed by atoms with van der Waals surface area (Å²) in [6.45, 7) is 8.83. The molecule has 27 heavy (non-hydrogen) atoms. The van der Waals surface area contributed by atoms with Gasteiger partial charge >= 0.3 is 0 Å². The number of rotatable bonds is 7. The number of nitrogens with zero attached hydrogens (tertiary/aromatic N) is 4. The highest BCUT2D eigenvalue weighted by Gasteiger charge is 2.16. The van der Waals surface area contributed by atoms with E-state index in [1.165, 1.54) is 0 Å². The summed E-state index contributed by atoms with van der Waals surface area (Å²) in [5.74, 6) is 0.750. The van der Waals surface area contributed by atoms with Crippen molar-refractivity contribution in [3.8, 4) is 11.8 Å². The molecule has 0 aliphatic rings. The molecule has 1 aromatic heterocycles. The number of benzene rings is 1. The first-order chi connectivity index (χ1) is 12.4. The second-order valence-corrected chi connectivity index (χ2v) is 6.25. The van der Waals surface area contributed by atoms with E-state index in [9.17, 15) is 5.26 Å². The highest BCUT2D eigenvalue weighted by atomic mass is 127. The van der Waals surface area contributed by atoms with Crippen molar-refractivity contribution in [3.05, 3.63) is 53.2 Å². The molecule has 0 amide bonds. The van der Waals surface area contributed by atoms with E-state index in [1.54, 1.807) is 4.68 Å². The molecular formula is C19H26IN7. The number of nitrogens with one attached hydrogen (secondary N) is 1. The standard InChI is InChI=1S/C19H25N7.HI/c1-13(2)12-24-19(22)23-10-4-5-17-16(11-20)18(21)26(25-17)15-8-6-14(3)7-9-15;/h6-9H,1,4-5,10,12,21H2,2-3H3,(H3,22,23,24);1H. The van der Waals surface area contributed by atoms with Crippen LogP contribution in [0, 0.1) is 18.3 Å². The quantitative estimate of drug-likeness (QED) is 0.186. The molecule has 5 N–H and O–H groups in total. The van der Waals surface area contributed by atoms with Crippen LogP contribution in [0.4, 0.5) is 5.82 Å². The summed E-state index contributed by atoms with van der Waals surface area (Å²) in [6.07, 6.45) is 1.37. The third-order valence-electron chi connectivity index (χ3n) is 3.80. The topological polar surface area (TPSA) is 118 Å². The van der Waals surface area contributed by atoms with Gasteiger partial charge in [-0.2, -0.15) is 10.4 Å². The predicted molar refractivity (Wildman–Crippen MR) is 120 cm³/mol. The van der Waals surface area contributed by atoms with Crippen molar-refractivity contribution in [2.75, 3.05) is 18.8 Å². The maximum atomic E-state index is 9.42. The first-order valence-corrected chi connectivity index (χ1v) is 8.45. The molecule has 0 spiro atoms. The van der Waals surface area contributed by atoms with E-state index in [2.05, 4.69) is 28.1 Å². The Labute approximate surface area is 177 Å². The summed E-state index contributed by atoms with van der Waals surface area (Å²) in [7, 11) is 0. The molecule has 0 radical (unpaired) electrons. The van der Waals surface area contributed by atoms with E-state index in [1.807, 2.05) is 38.1 Å². The number of anilines is 1. The van der Waals surface area contributed by atoms with Crippen molar-refractivity contribution in [2.45, 2.75) is 26.7 Å². The number of aromatic nitrogens is 2. The van der Waals surface area contributed by atoms with E-state index in [4.69, 9.17) is 11.5 Å². The van der Waals surface area contributed by atoms with E-state index in [-0.39, 0.29) is 24.0 Å². The lowest BCUT2D eigenvalue weighted by Gasteiger charge is -2.05. The molecule has 0 saturated heterocycles. The third-order valence-corrected chi connectivity index (χ3v) is 3.80. The zero-order chi connectivity index (χ0) is 19.1. The van der Waals surface area contributed by atoms with Gasteiger partial charge in [-0.15, -0.1) is 24.0 Å². The first kappa shape index (κ1) is 22.5. The molecule has 7 nitrogen and oxygen atoms in total. The number of aryl methyl sites for hydroxylation is 2. The average molecular weight is 479 g/mol. The average Bonchev–Trinajstić information content (AvgIpc) is 2.93. The fourth-order valence-corrected chi connectivity index (χ4v) is 2.41. The molecule has 0 atom stereocenters. The monoisotopic (exact) mass is 479 g/mol. The van der Waals surface area contributed by atoms with Crippen LogP contribution in [0.25, 0.3) is 5.69 Å².